The quantitative estimate of drug-likeness (QED) is 0.559. The molecule has 1 saturated carbocycles. The number of nitrogens with one attached hydrogen (secondary N) is 2. The van der Waals surface area contributed by atoms with Gasteiger partial charge in [0, 0.05) is 18.4 Å². The van der Waals surface area contributed by atoms with Crippen LogP contribution >= 0.6 is 0 Å². The third-order valence-electron chi connectivity index (χ3n) is 6.75. The summed E-state index contributed by atoms with van der Waals surface area (Å²) in [5.74, 6) is -1.22. The highest BCUT2D eigenvalue weighted by Gasteiger charge is 2.43. The van der Waals surface area contributed by atoms with E-state index >= 15 is 0 Å². The molecule has 2 aromatic rings. The van der Waals surface area contributed by atoms with E-state index in [2.05, 4.69) is 34.9 Å². The minimum Gasteiger partial charge on any atom is -0.481 e. The first-order valence-electron chi connectivity index (χ1n) is 11.6. The lowest BCUT2D eigenvalue weighted by molar-refractivity contribution is -0.137. The van der Waals surface area contributed by atoms with Crippen molar-refractivity contribution in [3.63, 3.8) is 0 Å². The first-order chi connectivity index (χ1) is 15.9. The molecule has 1 unspecified atom stereocenters. The van der Waals surface area contributed by atoms with Crippen molar-refractivity contribution in [3.8, 4) is 11.1 Å². The molecule has 7 heteroatoms. The summed E-state index contributed by atoms with van der Waals surface area (Å²) >= 11 is 0. The van der Waals surface area contributed by atoms with Gasteiger partial charge in [0.25, 0.3) is 0 Å². The Labute approximate surface area is 193 Å². The van der Waals surface area contributed by atoms with E-state index in [0.29, 0.717) is 19.3 Å². The zero-order valence-corrected chi connectivity index (χ0v) is 18.8. The summed E-state index contributed by atoms with van der Waals surface area (Å²) in [7, 11) is 0. The van der Waals surface area contributed by atoms with Gasteiger partial charge in [-0.2, -0.15) is 0 Å². The van der Waals surface area contributed by atoms with Crippen molar-refractivity contribution in [2.24, 2.45) is 0 Å². The SMILES string of the molecule is CC(CCC(=O)O)NC(=O)C1(NC(=O)OCC2c3ccccc3-c3ccccc32)CCCC1. The van der Waals surface area contributed by atoms with Crippen molar-refractivity contribution in [2.45, 2.75) is 62.9 Å². The van der Waals surface area contributed by atoms with E-state index in [4.69, 9.17) is 9.84 Å². The van der Waals surface area contributed by atoms with Gasteiger partial charge in [0.05, 0.1) is 0 Å². The standard InChI is InChI=1S/C26H30N2O5/c1-17(12-13-23(29)30)27-24(31)26(14-6-7-15-26)28-25(32)33-16-22-20-10-4-2-8-18(20)19-9-3-5-11-21(19)22/h2-5,8-11,17,22H,6-7,12-16H2,1H3,(H,27,31)(H,28,32)(H,29,30). The van der Waals surface area contributed by atoms with Gasteiger partial charge in [0.1, 0.15) is 12.1 Å². The van der Waals surface area contributed by atoms with E-state index in [9.17, 15) is 14.4 Å². The van der Waals surface area contributed by atoms with E-state index in [0.717, 1.165) is 35.1 Å². The number of fused-ring (bicyclic) bond motifs is 3. The second-order valence-corrected chi connectivity index (χ2v) is 9.05. The van der Waals surface area contributed by atoms with Gasteiger partial charge in [0.2, 0.25) is 5.91 Å². The van der Waals surface area contributed by atoms with Crippen LogP contribution in [0.15, 0.2) is 48.5 Å². The third kappa shape index (κ3) is 4.87. The average molecular weight is 451 g/mol. The number of benzene rings is 2. The average Bonchev–Trinajstić information content (AvgIpc) is 3.40. The number of hydrogen-bond donors (Lipinski definition) is 3. The molecule has 0 aromatic heterocycles. The number of amides is 2. The van der Waals surface area contributed by atoms with E-state index in [1.807, 2.05) is 24.3 Å². The van der Waals surface area contributed by atoms with Crippen molar-refractivity contribution in [1.29, 1.82) is 0 Å². The lowest BCUT2D eigenvalue weighted by Crippen LogP contribution is -2.58. The molecule has 7 nitrogen and oxygen atoms in total. The first kappa shape index (κ1) is 22.8. The van der Waals surface area contributed by atoms with E-state index < -0.39 is 17.6 Å². The molecule has 2 aliphatic carbocycles. The third-order valence-corrected chi connectivity index (χ3v) is 6.75. The van der Waals surface area contributed by atoms with Crippen LogP contribution in [0.5, 0.6) is 0 Å². The minimum atomic E-state index is -1.01. The highest BCUT2D eigenvalue weighted by Crippen LogP contribution is 2.44. The summed E-state index contributed by atoms with van der Waals surface area (Å²) in [6.45, 7) is 1.96. The fourth-order valence-corrected chi connectivity index (χ4v) is 4.99. The van der Waals surface area contributed by atoms with Gasteiger partial charge in [-0.15, -0.1) is 0 Å². The number of carbonyl (C=O) groups excluding carboxylic acids is 2. The molecule has 0 spiro atoms. The molecule has 0 radical (unpaired) electrons. The molecule has 0 bridgehead atoms. The van der Waals surface area contributed by atoms with Crippen LogP contribution in [-0.4, -0.2) is 41.3 Å². The van der Waals surface area contributed by atoms with Gasteiger partial charge in [-0.05, 0) is 48.4 Å². The Balaban J connectivity index is 1.40. The lowest BCUT2D eigenvalue weighted by atomic mass is 9.95. The fourth-order valence-electron chi connectivity index (χ4n) is 4.99. The number of carboxylic acid groups (broad SMARTS) is 1. The number of alkyl carbamates (subject to hydrolysis) is 1. The Bertz CT molecular complexity index is 999. The van der Waals surface area contributed by atoms with Crippen molar-refractivity contribution in [3.05, 3.63) is 59.7 Å². The molecule has 1 fully saturated rings. The Kier molecular flexibility index (Phi) is 6.67. The summed E-state index contributed by atoms with van der Waals surface area (Å²) in [6.07, 6.45) is 2.45. The van der Waals surface area contributed by atoms with E-state index in [-0.39, 0.29) is 30.9 Å². The van der Waals surface area contributed by atoms with E-state index in [1.165, 1.54) is 0 Å². The van der Waals surface area contributed by atoms with Gasteiger partial charge in [-0.25, -0.2) is 4.79 Å². The summed E-state index contributed by atoms with van der Waals surface area (Å²) < 4.78 is 5.65. The number of aliphatic carboxylic acids is 1. The van der Waals surface area contributed by atoms with Crippen LogP contribution in [0, 0.1) is 0 Å². The highest BCUT2D eigenvalue weighted by atomic mass is 16.5. The highest BCUT2D eigenvalue weighted by molar-refractivity contribution is 5.90. The zero-order chi connectivity index (χ0) is 23.4. The summed E-state index contributed by atoms with van der Waals surface area (Å²) in [5.41, 5.74) is 3.56. The van der Waals surface area contributed by atoms with Crippen LogP contribution in [0.3, 0.4) is 0 Å². The number of ether oxygens (including phenoxy) is 1. The van der Waals surface area contributed by atoms with Crippen LogP contribution in [0.25, 0.3) is 11.1 Å². The molecule has 4 rings (SSSR count). The monoisotopic (exact) mass is 450 g/mol. The van der Waals surface area contributed by atoms with Crippen molar-refractivity contribution < 1.29 is 24.2 Å². The Hall–Kier alpha value is -3.35. The molecule has 0 saturated heterocycles. The van der Waals surface area contributed by atoms with Crippen molar-refractivity contribution in [2.75, 3.05) is 6.61 Å². The number of rotatable bonds is 8. The second-order valence-electron chi connectivity index (χ2n) is 9.05. The van der Waals surface area contributed by atoms with Gasteiger partial charge in [-0.3, -0.25) is 9.59 Å². The van der Waals surface area contributed by atoms with Crippen molar-refractivity contribution in [1.82, 2.24) is 10.6 Å². The Morgan fingerprint density at radius 1 is 1.03 bits per heavy atom. The maximum absolute atomic E-state index is 13.0. The van der Waals surface area contributed by atoms with E-state index in [1.54, 1.807) is 6.92 Å². The molecule has 2 aromatic carbocycles. The molecule has 174 valence electrons. The summed E-state index contributed by atoms with van der Waals surface area (Å²) in [6, 6.07) is 16.0. The van der Waals surface area contributed by atoms with Crippen molar-refractivity contribution >= 4 is 18.0 Å². The molecule has 2 amide bonds. The second kappa shape index (κ2) is 9.65. The molecule has 3 N–H and O–H groups in total. The van der Waals surface area contributed by atoms with Crippen LogP contribution in [-0.2, 0) is 14.3 Å². The lowest BCUT2D eigenvalue weighted by Gasteiger charge is -2.30. The van der Waals surface area contributed by atoms with Crippen LogP contribution in [0.1, 0.15) is 62.5 Å². The molecule has 0 heterocycles. The van der Waals surface area contributed by atoms with Gasteiger partial charge in [-0.1, -0.05) is 61.4 Å². The van der Waals surface area contributed by atoms with Gasteiger partial charge >= 0.3 is 12.1 Å². The summed E-state index contributed by atoms with van der Waals surface area (Å²) in [4.78, 5) is 36.6. The van der Waals surface area contributed by atoms with Gasteiger partial charge in [0.15, 0.2) is 0 Å². The zero-order valence-electron chi connectivity index (χ0n) is 18.8. The summed E-state index contributed by atoms with van der Waals surface area (Å²) in [5, 5.41) is 14.6. The maximum Gasteiger partial charge on any atom is 0.408 e. The van der Waals surface area contributed by atoms with Crippen LogP contribution < -0.4 is 10.6 Å². The largest absolute Gasteiger partial charge is 0.481 e. The number of carboxylic acids is 1. The molecule has 2 aliphatic rings. The fraction of sp³-hybridized carbons (Fsp3) is 0.423. The van der Waals surface area contributed by atoms with Crippen LogP contribution in [0.2, 0.25) is 0 Å². The Morgan fingerprint density at radius 3 is 2.18 bits per heavy atom. The molecule has 33 heavy (non-hydrogen) atoms. The maximum atomic E-state index is 13.0. The predicted molar refractivity (Wildman–Crippen MR) is 124 cm³/mol. The van der Waals surface area contributed by atoms with Crippen LogP contribution in [0.4, 0.5) is 4.79 Å². The normalized spacial score (nSPS) is 17.0. The first-order valence-corrected chi connectivity index (χ1v) is 11.6. The number of hydrogen-bond acceptors (Lipinski definition) is 4. The minimum absolute atomic E-state index is 0.0196. The smallest absolute Gasteiger partial charge is 0.408 e. The predicted octanol–water partition coefficient (Wildman–Crippen LogP) is 4.21. The number of carbonyl (C=O) groups is 3. The molecule has 0 aliphatic heterocycles. The molecule has 1 atom stereocenters. The Morgan fingerprint density at radius 2 is 1.61 bits per heavy atom. The van der Waals surface area contributed by atoms with Gasteiger partial charge < -0.3 is 20.5 Å². The molecular formula is C26H30N2O5. The topological polar surface area (TPSA) is 105 Å². The molecular weight excluding hydrogens is 420 g/mol.